The van der Waals surface area contributed by atoms with Crippen molar-refractivity contribution in [2.45, 2.75) is 12.3 Å². The average Bonchev–Trinajstić information content (AvgIpc) is 3.34. The Balaban J connectivity index is 1.30. The van der Waals surface area contributed by atoms with Crippen molar-refractivity contribution in [2.24, 2.45) is 0 Å². The molecule has 1 heterocycles. The van der Waals surface area contributed by atoms with Crippen molar-refractivity contribution in [1.29, 1.82) is 0 Å². The molecule has 144 valence electrons. The highest BCUT2D eigenvalue weighted by molar-refractivity contribution is 7.11. The molecule has 29 heavy (non-hydrogen) atoms. The first-order valence-electron chi connectivity index (χ1n) is 9.38. The third kappa shape index (κ3) is 4.08. The van der Waals surface area contributed by atoms with E-state index < -0.39 is 6.09 Å². The van der Waals surface area contributed by atoms with Crippen LogP contribution in [0.25, 0.3) is 11.1 Å². The molecule has 0 bridgehead atoms. The van der Waals surface area contributed by atoms with E-state index in [-0.39, 0.29) is 5.92 Å². The Hall–Kier alpha value is -3.36. The molecule has 0 radical (unpaired) electrons. The zero-order valence-corrected chi connectivity index (χ0v) is 16.5. The van der Waals surface area contributed by atoms with E-state index in [2.05, 4.69) is 41.4 Å². The second kappa shape index (κ2) is 8.76. The quantitative estimate of drug-likeness (QED) is 0.378. The van der Waals surface area contributed by atoms with Crippen molar-refractivity contribution in [2.75, 3.05) is 13.2 Å². The van der Waals surface area contributed by atoms with Crippen LogP contribution >= 0.6 is 11.3 Å². The van der Waals surface area contributed by atoms with Gasteiger partial charge in [0.2, 0.25) is 0 Å². The first-order valence-corrected chi connectivity index (χ1v) is 10.3. The van der Waals surface area contributed by atoms with Gasteiger partial charge in [0, 0.05) is 24.4 Å². The normalized spacial score (nSPS) is 11.7. The molecular weight excluding hydrogens is 382 g/mol. The Bertz CT molecular complexity index is 1060. The second-order valence-corrected chi connectivity index (χ2v) is 7.57. The van der Waals surface area contributed by atoms with Gasteiger partial charge in [-0.2, -0.15) is 0 Å². The number of hydrogen-bond donors (Lipinski definition) is 1. The minimum absolute atomic E-state index is 0.0493. The van der Waals surface area contributed by atoms with Crippen LogP contribution in [0.15, 0.2) is 60.0 Å². The minimum atomic E-state index is -0.447. The van der Waals surface area contributed by atoms with Crippen LogP contribution in [0, 0.1) is 11.8 Å². The molecule has 0 fully saturated rings. The number of ether oxygens (including phenoxy) is 1. The van der Waals surface area contributed by atoms with E-state index in [4.69, 9.17) is 4.74 Å². The summed E-state index contributed by atoms with van der Waals surface area (Å²) in [7, 11) is 0. The lowest BCUT2D eigenvalue weighted by atomic mass is 9.98. The van der Waals surface area contributed by atoms with Crippen molar-refractivity contribution < 1.29 is 14.3 Å². The van der Waals surface area contributed by atoms with Gasteiger partial charge in [0.05, 0.1) is 4.88 Å². The SMILES string of the molecule is O=Cc1sccc1C#CCCNC(=O)OCC1c2ccccc2-c2ccccc21. The van der Waals surface area contributed by atoms with Gasteiger partial charge in [-0.3, -0.25) is 4.79 Å². The molecule has 5 heteroatoms. The molecular formula is C24H19NO3S. The van der Waals surface area contributed by atoms with Crippen LogP contribution in [-0.2, 0) is 4.74 Å². The Labute approximate surface area is 173 Å². The molecule has 1 amide bonds. The lowest BCUT2D eigenvalue weighted by Crippen LogP contribution is -2.26. The maximum atomic E-state index is 12.1. The summed E-state index contributed by atoms with van der Waals surface area (Å²) in [4.78, 5) is 23.6. The number of carbonyl (C=O) groups is 2. The van der Waals surface area contributed by atoms with E-state index in [0.717, 1.165) is 11.8 Å². The summed E-state index contributed by atoms with van der Waals surface area (Å²) in [5.41, 5.74) is 5.51. The smallest absolute Gasteiger partial charge is 0.407 e. The maximum Gasteiger partial charge on any atom is 0.407 e. The number of benzene rings is 2. The summed E-state index contributed by atoms with van der Waals surface area (Å²) >= 11 is 1.37. The van der Waals surface area contributed by atoms with Gasteiger partial charge in [0.25, 0.3) is 0 Å². The first kappa shape index (κ1) is 19.0. The van der Waals surface area contributed by atoms with E-state index in [1.807, 2.05) is 35.7 Å². The van der Waals surface area contributed by atoms with Gasteiger partial charge >= 0.3 is 6.09 Å². The van der Waals surface area contributed by atoms with Gasteiger partial charge in [-0.15, -0.1) is 11.3 Å². The van der Waals surface area contributed by atoms with Crippen LogP contribution in [0.4, 0.5) is 4.79 Å². The van der Waals surface area contributed by atoms with Crippen molar-refractivity contribution in [1.82, 2.24) is 5.32 Å². The summed E-state index contributed by atoms with van der Waals surface area (Å²) in [5.74, 6) is 5.97. The zero-order valence-electron chi connectivity index (χ0n) is 15.7. The van der Waals surface area contributed by atoms with E-state index in [1.54, 1.807) is 0 Å². The highest BCUT2D eigenvalue weighted by Crippen LogP contribution is 2.44. The highest BCUT2D eigenvalue weighted by Gasteiger charge is 2.28. The monoisotopic (exact) mass is 401 g/mol. The largest absolute Gasteiger partial charge is 0.449 e. The number of carbonyl (C=O) groups excluding carboxylic acids is 2. The van der Waals surface area contributed by atoms with E-state index in [9.17, 15) is 9.59 Å². The van der Waals surface area contributed by atoms with Crippen molar-refractivity contribution in [3.8, 4) is 23.0 Å². The van der Waals surface area contributed by atoms with Gasteiger partial charge < -0.3 is 10.1 Å². The number of amides is 1. The number of nitrogens with one attached hydrogen (secondary N) is 1. The standard InChI is InChI=1S/C24H19NO3S/c26-15-23-17(12-14-29-23)7-5-6-13-25-24(27)28-16-22-20-10-3-1-8-18(20)19-9-2-4-11-21(19)22/h1-4,8-12,14-15,22H,6,13,16H2,(H,25,27). The van der Waals surface area contributed by atoms with E-state index in [0.29, 0.717) is 24.4 Å². The number of rotatable bonds is 5. The fourth-order valence-corrected chi connectivity index (χ4v) is 4.20. The third-order valence-electron chi connectivity index (χ3n) is 4.89. The topological polar surface area (TPSA) is 55.4 Å². The Morgan fingerprint density at radius 1 is 1.07 bits per heavy atom. The molecule has 1 aromatic heterocycles. The Morgan fingerprint density at radius 3 is 2.45 bits per heavy atom. The number of thiophene rings is 1. The Morgan fingerprint density at radius 2 is 1.76 bits per heavy atom. The zero-order chi connectivity index (χ0) is 20.1. The maximum absolute atomic E-state index is 12.1. The number of hydrogen-bond acceptors (Lipinski definition) is 4. The van der Waals surface area contributed by atoms with Crippen LogP contribution in [0.1, 0.15) is 38.7 Å². The molecule has 3 aromatic rings. The molecule has 4 nitrogen and oxygen atoms in total. The van der Waals surface area contributed by atoms with Gasteiger partial charge in [-0.05, 0) is 33.7 Å². The van der Waals surface area contributed by atoms with Crippen molar-refractivity contribution in [3.63, 3.8) is 0 Å². The van der Waals surface area contributed by atoms with Crippen molar-refractivity contribution in [3.05, 3.63) is 81.5 Å². The molecule has 1 N–H and O–H groups in total. The molecule has 0 saturated heterocycles. The molecule has 2 aromatic carbocycles. The molecule has 4 rings (SSSR count). The molecule has 0 saturated carbocycles. The fraction of sp³-hybridized carbons (Fsp3) is 0.167. The summed E-state index contributed by atoms with van der Waals surface area (Å²) in [5, 5.41) is 4.57. The highest BCUT2D eigenvalue weighted by atomic mass is 32.1. The molecule has 0 aliphatic heterocycles. The molecule has 0 atom stereocenters. The third-order valence-corrected chi connectivity index (χ3v) is 5.73. The summed E-state index contributed by atoms with van der Waals surface area (Å²) in [6.45, 7) is 0.688. The molecule has 1 aliphatic rings. The van der Waals surface area contributed by atoms with Gasteiger partial charge in [-0.25, -0.2) is 4.79 Å². The van der Waals surface area contributed by atoms with Gasteiger partial charge in [-0.1, -0.05) is 60.4 Å². The Kier molecular flexibility index (Phi) is 5.73. The molecule has 0 spiro atoms. The lowest BCUT2D eigenvalue weighted by molar-refractivity contribution is 0.112. The fourth-order valence-electron chi connectivity index (χ4n) is 3.55. The summed E-state index contributed by atoms with van der Waals surface area (Å²) < 4.78 is 5.49. The van der Waals surface area contributed by atoms with Crippen LogP contribution in [0.3, 0.4) is 0 Å². The average molecular weight is 401 g/mol. The second-order valence-electron chi connectivity index (χ2n) is 6.62. The summed E-state index contributed by atoms with van der Waals surface area (Å²) in [6, 6.07) is 18.3. The predicted molar refractivity (Wildman–Crippen MR) is 114 cm³/mol. The summed E-state index contributed by atoms with van der Waals surface area (Å²) in [6.07, 6.45) is 0.847. The van der Waals surface area contributed by atoms with Gasteiger partial charge in [0.1, 0.15) is 6.61 Å². The van der Waals surface area contributed by atoms with Crippen LogP contribution in [0.5, 0.6) is 0 Å². The number of aldehydes is 1. The van der Waals surface area contributed by atoms with Crippen LogP contribution in [0.2, 0.25) is 0 Å². The lowest BCUT2D eigenvalue weighted by Gasteiger charge is -2.14. The van der Waals surface area contributed by atoms with Crippen LogP contribution in [-0.4, -0.2) is 25.5 Å². The van der Waals surface area contributed by atoms with Crippen molar-refractivity contribution >= 4 is 23.7 Å². The predicted octanol–water partition coefficient (Wildman–Crippen LogP) is 4.84. The molecule has 1 aliphatic carbocycles. The van der Waals surface area contributed by atoms with E-state index in [1.165, 1.54) is 33.6 Å². The minimum Gasteiger partial charge on any atom is -0.449 e. The number of fused-ring (bicyclic) bond motifs is 3. The van der Waals surface area contributed by atoms with Gasteiger partial charge in [0.15, 0.2) is 6.29 Å². The first-order chi connectivity index (χ1) is 14.3. The number of alkyl carbamates (subject to hydrolysis) is 1. The van der Waals surface area contributed by atoms with E-state index >= 15 is 0 Å². The molecule has 0 unspecified atom stereocenters. The van der Waals surface area contributed by atoms with Crippen LogP contribution < -0.4 is 5.32 Å².